The SMILES string of the molecule is Cc1cccc2c(=O)n(CC(=O)OC(C)C(=O)Nc3ccc([N+](=O)[O-])cc3)cnc12. The van der Waals surface area contributed by atoms with Crippen LogP contribution >= 0.6 is 0 Å². The molecule has 0 aliphatic rings. The molecule has 10 nitrogen and oxygen atoms in total. The van der Waals surface area contributed by atoms with E-state index in [0.717, 1.165) is 10.1 Å². The van der Waals surface area contributed by atoms with Gasteiger partial charge >= 0.3 is 5.97 Å². The number of hydrogen-bond donors (Lipinski definition) is 1. The van der Waals surface area contributed by atoms with Gasteiger partial charge in [-0.15, -0.1) is 0 Å². The van der Waals surface area contributed by atoms with E-state index in [4.69, 9.17) is 4.74 Å². The number of hydrogen-bond acceptors (Lipinski definition) is 7. The van der Waals surface area contributed by atoms with Crippen LogP contribution in [0.2, 0.25) is 0 Å². The molecular formula is C20H18N4O6. The highest BCUT2D eigenvalue weighted by Gasteiger charge is 2.19. The average Bonchev–Trinajstić information content (AvgIpc) is 2.71. The average molecular weight is 410 g/mol. The minimum absolute atomic E-state index is 0.114. The predicted molar refractivity (Wildman–Crippen MR) is 108 cm³/mol. The van der Waals surface area contributed by atoms with Gasteiger partial charge in [0, 0.05) is 17.8 Å². The van der Waals surface area contributed by atoms with E-state index in [9.17, 15) is 24.5 Å². The molecule has 0 radical (unpaired) electrons. The van der Waals surface area contributed by atoms with Crippen LogP contribution in [0.1, 0.15) is 12.5 Å². The van der Waals surface area contributed by atoms with Crippen LogP contribution in [0.4, 0.5) is 11.4 Å². The van der Waals surface area contributed by atoms with Gasteiger partial charge in [0.15, 0.2) is 6.10 Å². The zero-order chi connectivity index (χ0) is 21.8. The third-order valence-corrected chi connectivity index (χ3v) is 4.38. The van der Waals surface area contributed by atoms with Crippen molar-refractivity contribution in [3.63, 3.8) is 0 Å². The van der Waals surface area contributed by atoms with Gasteiger partial charge in [-0.25, -0.2) is 4.98 Å². The number of aromatic nitrogens is 2. The number of carbonyl (C=O) groups is 2. The van der Waals surface area contributed by atoms with Crippen LogP contribution in [0.15, 0.2) is 53.6 Å². The second kappa shape index (κ2) is 8.52. The van der Waals surface area contributed by atoms with Gasteiger partial charge in [0.2, 0.25) is 0 Å². The minimum Gasteiger partial charge on any atom is -0.451 e. The van der Waals surface area contributed by atoms with Crippen molar-refractivity contribution in [2.75, 3.05) is 5.32 Å². The lowest BCUT2D eigenvalue weighted by atomic mass is 10.1. The molecule has 1 heterocycles. The van der Waals surface area contributed by atoms with Gasteiger partial charge in [0.25, 0.3) is 17.2 Å². The number of nitrogens with zero attached hydrogens (tertiary/aromatic N) is 3. The molecule has 2 aromatic carbocycles. The van der Waals surface area contributed by atoms with E-state index < -0.39 is 29.4 Å². The first kappa shape index (κ1) is 20.6. The first-order valence-electron chi connectivity index (χ1n) is 8.96. The molecule has 0 aliphatic carbocycles. The topological polar surface area (TPSA) is 133 Å². The summed E-state index contributed by atoms with van der Waals surface area (Å²) in [7, 11) is 0. The summed E-state index contributed by atoms with van der Waals surface area (Å²) in [6, 6.07) is 10.4. The standard InChI is InChI=1S/C20H18N4O6/c1-12-4-3-5-16-18(12)21-11-23(20(16)27)10-17(25)30-13(2)19(26)22-14-6-8-15(9-7-14)24(28)29/h3-9,11,13H,10H2,1-2H3,(H,22,26). The molecule has 0 bridgehead atoms. The van der Waals surface area contributed by atoms with Crippen LogP contribution in [-0.4, -0.2) is 32.5 Å². The molecule has 154 valence electrons. The van der Waals surface area contributed by atoms with E-state index >= 15 is 0 Å². The van der Waals surface area contributed by atoms with E-state index in [2.05, 4.69) is 10.3 Å². The maximum Gasteiger partial charge on any atom is 0.326 e. The number of esters is 1. The number of nitro benzene ring substituents is 1. The summed E-state index contributed by atoms with van der Waals surface area (Å²) < 4.78 is 6.21. The van der Waals surface area contributed by atoms with Crippen LogP contribution in [0, 0.1) is 17.0 Å². The number of para-hydroxylation sites is 1. The quantitative estimate of drug-likeness (QED) is 0.374. The van der Waals surface area contributed by atoms with Crippen LogP contribution in [0.25, 0.3) is 10.9 Å². The molecule has 3 aromatic rings. The molecule has 10 heteroatoms. The first-order valence-corrected chi connectivity index (χ1v) is 8.96. The number of ether oxygens (including phenoxy) is 1. The maximum atomic E-state index is 12.5. The van der Waals surface area contributed by atoms with Gasteiger partial charge in [0.1, 0.15) is 6.54 Å². The lowest BCUT2D eigenvalue weighted by Crippen LogP contribution is -2.33. The number of carbonyl (C=O) groups excluding carboxylic acids is 2. The molecule has 1 atom stereocenters. The molecule has 0 spiro atoms. The Morgan fingerprint density at radius 1 is 1.23 bits per heavy atom. The van der Waals surface area contributed by atoms with Crippen molar-refractivity contribution in [2.24, 2.45) is 0 Å². The summed E-state index contributed by atoms with van der Waals surface area (Å²) >= 11 is 0. The number of amides is 1. The summed E-state index contributed by atoms with van der Waals surface area (Å²) in [6.07, 6.45) is 0.125. The highest BCUT2D eigenvalue weighted by molar-refractivity contribution is 5.95. The maximum absolute atomic E-state index is 12.5. The fourth-order valence-corrected chi connectivity index (χ4v) is 2.79. The molecular weight excluding hydrogens is 392 g/mol. The number of benzene rings is 2. The van der Waals surface area contributed by atoms with Crippen molar-refractivity contribution in [2.45, 2.75) is 26.5 Å². The summed E-state index contributed by atoms with van der Waals surface area (Å²) in [5.74, 6) is -1.39. The third kappa shape index (κ3) is 4.49. The zero-order valence-electron chi connectivity index (χ0n) is 16.2. The van der Waals surface area contributed by atoms with Gasteiger partial charge in [-0.1, -0.05) is 12.1 Å². The molecule has 0 aliphatic heterocycles. The Labute approximate surface area is 170 Å². The second-order valence-corrected chi connectivity index (χ2v) is 6.57. The monoisotopic (exact) mass is 410 g/mol. The fraction of sp³-hybridized carbons (Fsp3) is 0.200. The molecule has 1 amide bonds. The highest BCUT2D eigenvalue weighted by atomic mass is 16.6. The molecule has 1 aromatic heterocycles. The van der Waals surface area contributed by atoms with Crippen LogP contribution < -0.4 is 10.9 Å². The Hall–Kier alpha value is -4.08. The third-order valence-electron chi connectivity index (χ3n) is 4.38. The largest absolute Gasteiger partial charge is 0.451 e. The van der Waals surface area contributed by atoms with Crippen molar-refractivity contribution < 1.29 is 19.2 Å². The number of non-ortho nitro benzene ring substituents is 1. The van der Waals surface area contributed by atoms with Crippen LogP contribution in [-0.2, 0) is 20.9 Å². The fourth-order valence-electron chi connectivity index (χ4n) is 2.79. The summed E-state index contributed by atoms with van der Waals surface area (Å²) in [5.41, 5.74) is 1.22. The van der Waals surface area contributed by atoms with Crippen LogP contribution in [0.3, 0.4) is 0 Å². The van der Waals surface area contributed by atoms with Crippen molar-refractivity contribution in [1.82, 2.24) is 9.55 Å². The Kier molecular flexibility index (Phi) is 5.86. The van der Waals surface area contributed by atoms with E-state index in [1.807, 2.05) is 13.0 Å². The Morgan fingerprint density at radius 3 is 2.60 bits per heavy atom. The summed E-state index contributed by atoms with van der Waals surface area (Å²) in [5, 5.41) is 13.5. The first-order chi connectivity index (χ1) is 14.3. The lowest BCUT2D eigenvalue weighted by Gasteiger charge is -2.14. The number of aryl methyl sites for hydroxylation is 1. The molecule has 0 saturated heterocycles. The molecule has 0 fully saturated rings. The van der Waals surface area contributed by atoms with Gasteiger partial charge < -0.3 is 10.1 Å². The normalized spacial score (nSPS) is 11.7. The second-order valence-electron chi connectivity index (χ2n) is 6.57. The van der Waals surface area contributed by atoms with Crippen molar-refractivity contribution in [3.05, 3.63) is 74.8 Å². The number of rotatable bonds is 6. The van der Waals surface area contributed by atoms with Crippen molar-refractivity contribution >= 4 is 34.2 Å². The van der Waals surface area contributed by atoms with Crippen LogP contribution in [0.5, 0.6) is 0 Å². The molecule has 1 unspecified atom stereocenters. The zero-order valence-corrected chi connectivity index (χ0v) is 16.2. The van der Waals surface area contributed by atoms with Crippen molar-refractivity contribution in [3.8, 4) is 0 Å². The smallest absolute Gasteiger partial charge is 0.326 e. The molecule has 0 saturated carbocycles. The van der Waals surface area contributed by atoms with Gasteiger partial charge in [-0.2, -0.15) is 0 Å². The Bertz CT molecular complexity index is 1190. The molecule has 1 N–H and O–H groups in total. The van der Waals surface area contributed by atoms with Gasteiger partial charge in [-0.05, 0) is 37.6 Å². The Morgan fingerprint density at radius 2 is 1.93 bits per heavy atom. The van der Waals surface area contributed by atoms with Crippen molar-refractivity contribution in [1.29, 1.82) is 0 Å². The van der Waals surface area contributed by atoms with E-state index in [1.54, 1.807) is 12.1 Å². The van der Waals surface area contributed by atoms with Gasteiger partial charge in [0.05, 0.1) is 22.2 Å². The number of nitro groups is 1. The van der Waals surface area contributed by atoms with E-state index in [1.165, 1.54) is 37.5 Å². The molecule has 3 rings (SSSR count). The number of nitrogens with one attached hydrogen (secondary N) is 1. The Balaban J connectivity index is 1.63. The minimum atomic E-state index is -1.14. The molecule has 30 heavy (non-hydrogen) atoms. The van der Waals surface area contributed by atoms with E-state index in [0.29, 0.717) is 16.6 Å². The highest BCUT2D eigenvalue weighted by Crippen LogP contribution is 2.16. The summed E-state index contributed by atoms with van der Waals surface area (Å²) in [4.78, 5) is 51.2. The number of anilines is 1. The predicted octanol–water partition coefficient (Wildman–Crippen LogP) is 2.18. The van der Waals surface area contributed by atoms with E-state index in [-0.39, 0.29) is 11.2 Å². The lowest BCUT2D eigenvalue weighted by molar-refractivity contribution is -0.384. The number of fused-ring (bicyclic) bond motifs is 1. The van der Waals surface area contributed by atoms with Gasteiger partial charge in [-0.3, -0.25) is 29.1 Å². The summed E-state index contributed by atoms with van der Waals surface area (Å²) in [6.45, 7) is 2.81.